The fourth-order valence-electron chi connectivity index (χ4n) is 2.43. The summed E-state index contributed by atoms with van der Waals surface area (Å²) in [6.07, 6.45) is 3.38. The Hall–Kier alpha value is -1.74. The standard InChI is InChI=1S/C16H29N4O6P/c1-6-14(12(4)26-27(23,24)25-5)20-16(22)11(3)19-15(21)10(2)7-13-8-17-9-18-13/h8-12,14H,6-7H2,1-5H3,(H,17,18)(H,19,21)(H,20,22)(H,23,24). The first-order valence-corrected chi connectivity index (χ1v) is 10.2. The van der Waals surface area contributed by atoms with Crippen molar-refractivity contribution in [1.82, 2.24) is 20.6 Å². The molecule has 27 heavy (non-hydrogen) atoms. The maximum absolute atomic E-state index is 12.4. The molecule has 1 heterocycles. The van der Waals surface area contributed by atoms with E-state index in [0.717, 1.165) is 12.8 Å². The van der Waals surface area contributed by atoms with Crippen molar-refractivity contribution in [3.63, 3.8) is 0 Å². The van der Waals surface area contributed by atoms with E-state index < -0.39 is 31.9 Å². The SMILES string of the molecule is CCC(NC(=O)C(C)NC(=O)C(C)Cc1cnc[nH]1)C(C)OP(=O)(O)OC. The lowest BCUT2D eigenvalue weighted by Crippen LogP contribution is -2.51. The summed E-state index contributed by atoms with van der Waals surface area (Å²) < 4.78 is 20.9. The molecule has 0 aromatic carbocycles. The van der Waals surface area contributed by atoms with Crippen LogP contribution in [-0.2, 0) is 29.6 Å². The fourth-order valence-corrected chi connectivity index (χ4v) is 3.08. The summed E-state index contributed by atoms with van der Waals surface area (Å²) in [5.74, 6) is -1.01. The number of amides is 2. The molecule has 0 fully saturated rings. The minimum absolute atomic E-state index is 0.260. The van der Waals surface area contributed by atoms with Crippen molar-refractivity contribution in [1.29, 1.82) is 0 Å². The van der Waals surface area contributed by atoms with Crippen LogP contribution >= 0.6 is 7.82 Å². The fraction of sp³-hybridized carbons (Fsp3) is 0.688. The quantitative estimate of drug-likeness (QED) is 0.405. The minimum atomic E-state index is -4.16. The first-order valence-electron chi connectivity index (χ1n) is 8.74. The van der Waals surface area contributed by atoms with Gasteiger partial charge in [-0.25, -0.2) is 9.55 Å². The van der Waals surface area contributed by atoms with Gasteiger partial charge in [0.15, 0.2) is 0 Å². The number of nitrogens with one attached hydrogen (secondary N) is 3. The van der Waals surface area contributed by atoms with Crippen LogP contribution in [0.5, 0.6) is 0 Å². The van der Waals surface area contributed by atoms with Crippen LogP contribution in [-0.4, -0.2) is 52.0 Å². The highest BCUT2D eigenvalue weighted by molar-refractivity contribution is 7.47. The van der Waals surface area contributed by atoms with Gasteiger partial charge in [-0.05, 0) is 20.3 Å². The zero-order chi connectivity index (χ0) is 20.6. The number of H-pyrrole nitrogens is 1. The zero-order valence-electron chi connectivity index (χ0n) is 16.3. The van der Waals surface area contributed by atoms with Gasteiger partial charge in [-0.1, -0.05) is 13.8 Å². The molecule has 4 N–H and O–H groups in total. The van der Waals surface area contributed by atoms with Gasteiger partial charge < -0.3 is 20.5 Å². The number of nitrogens with zero attached hydrogens (tertiary/aromatic N) is 1. The van der Waals surface area contributed by atoms with E-state index in [1.807, 2.05) is 0 Å². The molecule has 0 aliphatic heterocycles. The number of hydrogen-bond donors (Lipinski definition) is 4. The Kier molecular flexibility index (Phi) is 9.11. The molecule has 0 radical (unpaired) electrons. The second-order valence-corrected chi connectivity index (χ2v) is 7.91. The van der Waals surface area contributed by atoms with Crippen LogP contribution in [0.1, 0.15) is 39.8 Å². The van der Waals surface area contributed by atoms with E-state index in [2.05, 4.69) is 25.1 Å². The first kappa shape index (κ1) is 23.3. The predicted molar refractivity (Wildman–Crippen MR) is 98.7 cm³/mol. The van der Waals surface area contributed by atoms with Gasteiger partial charge in [0, 0.05) is 31.3 Å². The average molecular weight is 404 g/mol. The van der Waals surface area contributed by atoms with Gasteiger partial charge in [-0.3, -0.25) is 18.6 Å². The zero-order valence-corrected chi connectivity index (χ0v) is 17.2. The molecule has 0 aliphatic carbocycles. The van der Waals surface area contributed by atoms with Gasteiger partial charge in [-0.15, -0.1) is 0 Å². The Morgan fingerprint density at radius 3 is 2.48 bits per heavy atom. The van der Waals surface area contributed by atoms with Crippen molar-refractivity contribution in [2.24, 2.45) is 5.92 Å². The number of aromatic nitrogens is 2. The number of carbonyl (C=O) groups excluding carboxylic acids is 2. The highest BCUT2D eigenvalue weighted by atomic mass is 31.2. The number of imidazole rings is 1. The van der Waals surface area contributed by atoms with Crippen molar-refractivity contribution < 1.29 is 28.1 Å². The molecule has 154 valence electrons. The molecule has 1 aromatic heterocycles. The molecule has 1 aromatic rings. The topological polar surface area (TPSA) is 143 Å². The summed E-state index contributed by atoms with van der Waals surface area (Å²) in [5.41, 5.74) is 0.832. The molecule has 2 amide bonds. The number of aromatic amines is 1. The molecule has 1 rings (SSSR count). The van der Waals surface area contributed by atoms with Gasteiger partial charge in [0.25, 0.3) is 0 Å². The van der Waals surface area contributed by atoms with Gasteiger partial charge in [0.1, 0.15) is 6.04 Å². The summed E-state index contributed by atoms with van der Waals surface area (Å²) >= 11 is 0. The summed E-state index contributed by atoms with van der Waals surface area (Å²) in [6.45, 7) is 6.69. The molecule has 0 saturated heterocycles. The van der Waals surface area contributed by atoms with E-state index >= 15 is 0 Å². The Bertz CT molecular complexity index is 653. The number of hydrogen-bond acceptors (Lipinski definition) is 6. The maximum Gasteiger partial charge on any atom is 0.472 e. The van der Waals surface area contributed by atoms with Crippen molar-refractivity contribution in [3.05, 3.63) is 18.2 Å². The van der Waals surface area contributed by atoms with Gasteiger partial charge in [-0.2, -0.15) is 0 Å². The monoisotopic (exact) mass is 404 g/mol. The molecule has 5 atom stereocenters. The highest BCUT2D eigenvalue weighted by Crippen LogP contribution is 2.43. The summed E-state index contributed by atoms with van der Waals surface area (Å²) in [6, 6.07) is -1.29. The molecule has 5 unspecified atom stereocenters. The number of phosphoric ester groups is 1. The predicted octanol–water partition coefficient (Wildman–Crippen LogP) is 1.14. The van der Waals surface area contributed by atoms with E-state index in [4.69, 9.17) is 4.52 Å². The van der Waals surface area contributed by atoms with Crippen molar-refractivity contribution in [2.75, 3.05) is 7.11 Å². The number of phosphoric acid groups is 1. The molecular weight excluding hydrogens is 375 g/mol. The Balaban J connectivity index is 2.55. The third kappa shape index (κ3) is 7.80. The van der Waals surface area contributed by atoms with Crippen LogP contribution < -0.4 is 10.6 Å². The summed E-state index contributed by atoms with van der Waals surface area (Å²) in [7, 11) is -3.09. The van der Waals surface area contributed by atoms with E-state index in [-0.39, 0.29) is 11.8 Å². The number of rotatable bonds is 11. The van der Waals surface area contributed by atoms with E-state index in [9.17, 15) is 19.0 Å². The minimum Gasteiger partial charge on any atom is -0.349 e. The van der Waals surface area contributed by atoms with E-state index in [0.29, 0.717) is 12.8 Å². The molecule has 0 spiro atoms. The Labute approximate surface area is 159 Å². The second kappa shape index (κ2) is 10.6. The maximum atomic E-state index is 12.4. The van der Waals surface area contributed by atoms with Crippen molar-refractivity contribution >= 4 is 19.6 Å². The van der Waals surface area contributed by atoms with Crippen LogP contribution in [0.4, 0.5) is 0 Å². The third-order valence-electron chi connectivity index (χ3n) is 4.14. The first-order chi connectivity index (χ1) is 12.6. The Morgan fingerprint density at radius 2 is 1.96 bits per heavy atom. The van der Waals surface area contributed by atoms with E-state index in [1.165, 1.54) is 0 Å². The molecule has 11 heteroatoms. The highest BCUT2D eigenvalue weighted by Gasteiger charge is 2.29. The lowest BCUT2D eigenvalue weighted by Gasteiger charge is -2.27. The average Bonchev–Trinajstić information content (AvgIpc) is 3.11. The second-order valence-electron chi connectivity index (χ2n) is 6.40. The van der Waals surface area contributed by atoms with Crippen LogP contribution in [0.3, 0.4) is 0 Å². The number of carbonyl (C=O) groups is 2. The Morgan fingerprint density at radius 1 is 1.30 bits per heavy atom. The van der Waals surface area contributed by atoms with Crippen LogP contribution in [0.15, 0.2) is 12.5 Å². The molecule has 0 saturated carbocycles. The van der Waals surface area contributed by atoms with Crippen LogP contribution in [0.25, 0.3) is 0 Å². The normalized spacial score (nSPS) is 18.0. The van der Waals surface area contributed by atoms with Gasteiger partial charge >= 0.3 is 7.82 Å². The third-order valence-corrected chi connectivity index (χ3v) is 5.21. The lowest BCUT2D eigenvalue weighted by atomic mass is 10.0. The van der Waals surface area contributed by atoms with Crippen molar-refractivity contribution in [3.8, 4) is 0 Å². The van der Waals surface area contributed by atoms with Crippen LogP contribution in [0.2, 0.25) is 0 Å². The molecule has 0 bridgehead atoms. The molecular formula is C16H29N4O6P. The van der Waals surface area contributed by atoms with Gasteiger partial charge in [0.05, 0.1) is 18.5 Å². The largest absolute Gasteiger partial charge is 0.472 e. The molecule has 10 nitrogen and oxygen atoms in total. The van der Waals surface area contributed by atoms with Gasteiger partial charge in [0.2, 0.25) is 11.8 Å². The smallest absolute Gasteiger partial charge is 0.349 e. The van der Waals surface area contributed by atoms with E-state index in [1.54, 1.807) is 40.2 Å². The van der Waals surface area contributed by atoms with Crippen LogP contribution in [0, 0.1) is 5.92 Å². The summed E-state index contributed by atoms with van der Waals surface area (Å²) in [4.78, 5) is 40.9. The lowest BCUT2D eigenvalue weighted by molar-refractivity contribution is -0.131. The summed E-state index contributed by atoms with van der Waals surface area (Å²) in [5, 5.41) is 5.38. The molecule has 0 aliphatic rings. The van der Waals surface area contributed by atoms with Crippen molar-refractivity contribution in [2.45, 2.75) is 58.7 Å².